The van der Waals surface area contributed by atoms with Crippen LogP contribution >= 0.6 is 15.9 Å². The van der Waals surface area contributed by atoms with Gasteiger partial charge in [0.15, 0.2) is 0 Å². The van der Waals surface area contributed by atoms with E-state index in [0.29, 0.717) is 0 Å². The van der Waals surface area contributed by atoms with Gasteiger partial charge in [-0.3, -0.25) is 0 Å². The predicted octanol–water partition coefficient (Wildman–Crippen LogP) is 3.86. The molecule has 1 aromatic rings. The van der Waals surface area contributed by atoms with Gasteiger partial charge in [-0.2, -0.15) is 0 Å². The van der Waals surface area contributed by atoms with Gasteiger partial charge >= 0.3 is 0 Å². The molecule has 1 aliphatic carbocycles. The highest BCUT2D eigenvalue weighted by atomic mass is 79.9. The summed E-state index contributed by atoms with van der Waals surface area (Å²) in [6.07, 6.45) is 5.82. The molecule has 0 amide bonds. The van der Waals surface area contributed by atoms with Gasteiger partial charge in [0.1, 0.15) is 5.82 Å². The molecule has 0 radical (unpaired) electrons. The van der Waals surface area contributed by atoms with Crippen molar-refractivity contribution in [2.45, 2.75) is 32.1 Å². The van der Waals surface area contributed by atoms with Crippen molar-refractivity contribution in [2.75, 3.05) is 0 Å². The maximum Gasteiger partial charge on any atom is 0.124 e. The van der Waals surface area contributed by atoms with Crippen molar-refractivity contribution < 1.29 is 4.39 Å². The summed E-state index contributed by atoms with van der Waals surface area (Å²) >= 11 is 3.43. The van der Waals surface area contributed by atoms with E-state index in [4.69, 9.17) is 0 Å². The van der Waals surface area contributed by atoms with Crippen molar-refractivity contribution in [3.05, 3.63) is 33.5 Å². The Hall–Kier alpha value is -0.370. The first kappa shape index (κ1) is 9.20. The van der Waals surface area contributed by atoms with Crippen LogP contribution in [0.5, 0.6) is 0 Å². The molecule has 0 atom stereocenters. The van der Waals surface area contributed by atoms with Gasteiger partial charge in [-0.25, -0.2) is 4.39 Å². The molecule has 0 N–H and O–H groups in total. The molecule has 0 aliphatic heterocycles. The van der Waals surface area contributed by atoms with Crippen LogP contribution in [0, 0.1) is 5.82 Å². The lowest BCUT2D eigenvalue weighted by atomic mass is 10.0. The summed E-state index contributed by atoms with van der Waals surface area (Å²) in [5.74, 6) is -0.118. The number of benzene rings is 1. The molecule has 0 heterocycles. The van der Waals surface area contributed by atoms with Gasteiger partial charge in [0.25, 0.3) is 0 Å². The molecule has 0 saturated carbocycles. The topological polar surface area (TPSA) is 0 Å². The minimum Gasteiger partial charge on any atom is -0.207 e. The molecule has 1 aromatic carbocycles. The Morgan fingerprint density at radius 2 is 1.85 bits per heavy atom. The van der Waals surface area contributed by atoms with Crippen molar-refractivity contribution in [3.63, 3.8) is 0 Å². The smallest absolute Gasteiger partial charge is 0.124 e. The average Bonchev–Trinajstić information content (AvgIpc) is 2.28. The summed E-state index contributed by atoms with van der Waals surface area (Å²) in [4.78, 5) is 0. The van der Waals surface area contributed by atoms with E-state index < -0.39 is 0 Å². The van der Waals surface area contributed by atoms with Crippen LogP contribution in [-0.4, -0.2) is 0 Å². The van der Waals surface area contributed by atoms with Crippen molar-refractivity contribution in [1.82, 2.24) is 0 Å². The van der Waals surface area contributed by atoms with Gasteiger partial charge in [0.05, 0.1) is 0 Å². The first-order chi connectivity index (χ1) is 6.27. The van der Waals surface area contributed by atoms with Crippen LogP contribution in [0.2, 0.25) is 0 Å². The van der Waals surface area contributed by atoms with Crippen molar-refractivity contribution >= 4 is 15.9 Å². The van der Waals surface area contributed by atoms with Gasteiger partial charge in [-0.15, -0.1) is 0 Å². The SMILES string of the molecule is Fc1cc(Br)c2c(c1)CCCCC2. The summed E-state index contributed by atoms with van der Waals surface area (Å²) < 4.78 is 14.0. The van der Waals surface area contributed by atoms with Crippen LogP contribution in [0.1, 0.15) is 30.4 Å². The van der Waals surface area contributed by atoms with E-state index in [9.17, 15) is 4.39 Å². The van der Waals surface area contributed by atoms with Crippen molar-refractivity contribution in [1.29, 1.82) is 0 Å². The van der Waals surface area contributed by atoms with Gasteiger partial charge < -0.3 is 0 Å². The number of halogens is 2. The van der Waals surface area contributed by atoms with E-state index >= 15 is 0 Å². The molecule has 0 nitrogen and oxygen atoms in total. The maximum atomic E-state index is 13.1. The average molecular weight is 243 g/mol. The molecule has 0 aromatic heterocycles. The molecule has 13 heavy (non-hydrogen) atoms. The maximum absolute atomic E-state index is 13.1. The molecule has 0 saturated heterocycles. The Morgan fingerprint density at radius 1 is 1.08 bits per heavy atom. The summed E-state index contributed by atoms with van der Waals surface area (Å²) in [7, 11) is 0. The number of aryl methyl sites for hydroxylation is 1. The first-order valence-electron chi connectivity index (χ1n) is 4.74. The number of hydrogen-bond donors (Lipinski definition) is 0. The Balaban J connectivity index is 2.47. The third-order valence-electron chi connectivity index (χ3n) is 2.63. The minimum absolute atomic E-state index is 0.118. The molecule has 0 unspecified atom stereocenters. The van der Waals surface area contributed by atoms with Gasteiger partial charge in [0.2, 0.25) is 0 Å². The zero-order chi connectivity index (χ0) is 9.26. The largest absolute Gasteiger partial charge is 0.207 e. The van der Waals surface area contributed by atoms with Crippen LogP contribution < -0.4 is 0 Å². The van der Waals surface area contributed by atoms with E-state index in [-0.39, 0.29) is 5.82 Å². The zero-order valence-corrected chi connectivity index (χ0v) is 9.03. The fraction of sp³-hybridized carbons (Fsp3) is 0.455. The summed E-state index contributed by atoms with van der Waals surface area (Å²) in [6, 6.07) is 3.26. The highest BCUT2D eigenvalue weighted by molar-refractivity contribution is 9.10. The Labute approximate surface area is 86.3 Å². The van der Waals surface area contributed by atoms with Crippen LogP contribution in [-0.2, 0) is 12.8 Å². The van der Waals surface area contributed by atoms with Gasteiger partial charge in [-0.1, -0.05) is 22.4 Å². The molecule has 0 spiro atoms. The lowest BCUT2D eigenvalue weighted by Gasteiger charge is -2.07. The number of hydrogen-bond acceptors (Lipinski definition) is 0. The molecular formula is C11H12BrF. The normalized spacial score (nSPS) is 16.5. The van der Waals surface area contributed by atoms with Crippen LogP contribution in [0.3, 0.4) is 0 Å². The lowest BCUT2D eigenvalue weighted by molar-refractivity contribution is 0.623. The molecular weight excluding hydrogens is 231 g/mol. The zero-order valence-electron chi connectivity index (χ0n) is 7.45. The second-order valence-corrected chi connectivity index (χ2v) is 4.44. The number of fused-ring (bicyclic) bond motifs is 1. The highest BCUT2D eigenvalue weighted by Gasteiger charge is 2.12. The first-order valence-corrected chi connectivity index (χ1v) is 5.53. The predicted molar refractivity (Wildman–Crippen MR) is 55.4 cm³/mol. The monoisotopic (exact) mass is 242 g/mol. The van der Waals surface area contributed by atoms with E-state index in [0.717, 1.165) is 17.3 Å². The fourth-order valence-corrected chi connectivity index (χ4v) is 2.63. The van der Waals surface area contributed by atoms with E-state index in [2.05, 4.69) is 15.9 Å². The number of rotatable bonds is 0. The van der Waals surface area contributed by atoms with E-state index in [1.165, 1.54) is 30.4 Å². The summed E-state index contributed by atoms with van der Waals surface area (Å²) in [6.45, 7) is 0. The third-order valence-corrected chi connectivity index (χ3v) is 3.33. The Kier molecular flexibility index (Phi) is 2.68. The van der Waals surface area contributed by atoms with Crippen LogP contribution in [0.4, 0.5) is 4.39 Å². The fourth-order valence-electron chi connectivity index (χ4n) is 1.95. The Morgan fingerprint density at radius 3 is 2.69 bits per heavy atom. The second kappa shape index (κ2) is 3.79. The van der Waals surface area contributed by atoms with Crippen LogP contribution in [0.25, 0.3) is 0 Å². The van der Waals surface area contributed by atoms with Gasteiger partial charge in [-0.05, 0) is 48.9 Å². The second-order valence-electron chi connectivity index (χ2n) is 3.59. The minimum atomic E-state index is -0.118. The Bertz CT molecular complexity index is 320. The van der Waals surface area contributed by atoms with E-state index in [1.54, 1.807) is 12.1 Å². The quantitative estimate of drug-likeness (QED) is 0.607. The molecule has 70 valence electrons. The van der Waals surface area contributed by atoms with Gasteiger partial charge in [0, 0.05) is 4.47 Å². The third kappa shape index (κ3) is 1.93. The van der Waals surface area contributed by atoms with Crippen molar-refractivity contribution in [2.24, 2.45) is 0 Å². The van der Waals surface area contributed by atoms with Crippen LogP contribution in [0.15, 0.2) is 16.6 Å². The lowest BCUT2D eigenvalue weighted by Crippen LogP contribution is -1.93. The molecule has 2 rings (SSSR count). The molecule has 2 heteroatoms. The molecule has 1 aliphatic rings. The summed E-state index contributed by atoms with van der Waals surface area (Å²) in [5, 5.41) is 0. The highest BCUT2D eigenvalue weighted by Crippen LogP contribution is 2.28. The van der Waals surface area contributed by atoms with Crippen molar-refractivity contribution in [3.8, 4) is 0 Å². The summed E-state index contributed by atoms with van der Waals surface area (Å²) in [5.41, 5.74) is 2.52. The molecule has 0 bridgehead atoms. The van der Waals surface area contributed by atoms with E-state index in [1.807, 2.05) is 0 Å². The molecule has 0 fully saturated rings. The standard InChI is InChI=1S/C11H12BrF/c12-11-7-9(13)6-8-4-2-1-3-5-10(8)11/h6-7H,1-5H2.